The van der Waals surface area contributed by atoms with E-state index < -0.39 is 0 Å². The standard InChI is InChI=1S/C12H11ClN2OS/c1-7-4-5-17-11(7)12(16)15-10-6-8(14)2-3-9(10)13/h2-6H,14H2,1H3,(H,15,16). The monoisotopic (exact) mass is 266 g/mol. The molecule has 5 heteroatoms. The van der Waals surface area contributed by atoms with E-state index in [1.165, 1.54) is 11.3 Å². The van der Waals surface area contributed by atoms with Crippen molar-refractivity contribution in [1.29, 1.82) is 0 Å². The Morgan fingerprint density at radius 2 is 2.18 bits per heavy atom. The molecule has 3 nitrogen and oxygen atoms in total. The Hall–Kier alpha value is -1.52. The van der Waals surface area contributed by atoms with E-state index in [0.29, 0.717) is 21.3 Å². The van der Waals surface area contributed by atoms with Crippen molar-refractivity contribution in [3.05, 3.63) is 45.1 Å². The third kappa shape index (κ3) is 2.60. The van der Waals surface area contributed by atoms with Gasteiger partial charge in [-0.3, -0.25) is 4.79 Å². The Kier molecular flexibility index (Phi) is 3.36. The highest BCUT2D eigenvalue weighted by molar-refractivity contribution is 7.12. The molecule has 0 fully saturated rings. The molecule has 0 aliphatic carbocycles. The van der Waals surface area contributed by atoms with E-state index in [1.54, 1.807) is 18.2 Å². The van der Waals surface area contributed by atoms with E-state index in [0.717, 1.165) is 5.56 Å². The molecule has 0 radical (unpaired) electrons. The number of hydrogen-bond acceptors (Lipinski definition) is 3. The fourth-order valence-electron chi connectivity index (χ4n) is 1.42. The van der Waals surface area contributed by atoms with Gasteiger partial charge in [-0.2, -0.15) is 0 Å². The second-order valence-electron chi connectivity index (χ2n) is 3.63. The number of carbonyl (C=O) groups excluding carboxylic acids is 1. The number of benzene rings is 1. The van der Waals surface area contributed by atoms with Crippen LogP contribution in [-0.2, 0) is 0 Å². The van der Waals surface area contributed by atoms with Crippen molar-refractivity contribution >= 4 is 40.2 Å². The summed E-state index contributed by atoms with van der Waals surface area (Å²) in [6.45, 7) is 1.90. The van der Waals surface area contributed by atoms with Gasteiger partial charge in [0.2, 0.25) is 0 Å². The zero-order chi connectivity index (χ0) is 12.4. The Bertz CT molecular complexity index is 565. The molecule has 0 saturated carbocycles. The summed E-state index contributed by atoms with van der Waals surface area (Å²) < 4.78 is 0. The average molecular weight is 267 g/mol. The summed E-state index contributed by atoms with van der Waals surface area (Å²) >= 11 is 7.38. The summed E-state index contributed by atoms with van der Waals surface area (Å²) in [6.07, 6.45) is 0. The zero-order valence-electron chi connectivity index (χ0n) is 9.16. The maximum atomic E-state index is 12.0. The van der Waals surface area contributed by atoms with Crippen molar-refractivity contribution in [2.24, 2.45) is 0 Å². The van der Waals surface area contributed by atoms with Crippen molar-refractivity contribution in [2.45, 2.75) is 6.92 Å². The number of thiophene rings is 1. The average Bonchev–Trinajstić information content (AvgIpc) is 2.70. The van der Waals surface area contributed by atoms with Crippen LogP contribution in [0.3, 0.4) is 0 Å². The molecule has 1 amide bonds. The molecule has 88 valence electrons. The summed E-state index contributed by atoms with van der Waals surface area (Å²) in [4.78, 5) is 12.6. The number of amides is 1. The Morgan fingerprint density at radius 3 is 2.82 bits per heavy atom. The van der Waals surface area contributed by atoms with Gasteiger partial charge in [0.15, 0.2) is 0 Å². The van der Waals surface area contributed by atoms with Gasteiger partial charge >= 0.3 is 0 Å². The minimum absolute atomic E-state index is 0.162. The van der Waals surface area contributed by atoms with Crippen LogP contribution in [0, 0.1) is 6.92 Å². The minimum atomic E-state index is -0.162. The predicted octanol–water partition coefficient (Wildman–Crippen LogP) is 3.54. The Balaban J connectivity index is 2.24. The normalized spacial score (nSPS) is 10.2. The van der Waals surface area contributed by atoms with Crippen LogP contribution >= 0.6 is 22.9 Å². The molecule has 17 heavy (non-hydrogen) atoms. The van der Waals surface area contributed by atoms with Crippen LogP contribution in [0.1, 0.15) is 15.2 Å². The van der Waals surface area contributed by atoms with E-state index in [-0.39, 0.29) is 5.91 Å². The van der Waals surface area contributed by atoms with Gasteiger partial charge in [0.05, 0.1) is 15.6 Å². The van der Waals surface area contributed by atoms with E-state index in [1.807, 2.05) is 18.4 Å². The SMILES string of the molecule is Cc1ccsc1C(=O)Nc1cc(N)ccc1Cl. The lowest BCUT2D eigenvalue weighted by Crippen LogP contribution is -2.11. The van der Waals surface area contributed by atoms with Gasteiger partial charge in [-0.1, -0.05) is 11.6 Å². The van der Waals surface area contributed by atoms with Crippen LogP contribution in [-0.4, -0.2) is 5.91 Å². The Labute approximate surface area is 108 Å². The van der Waals surface area contributed by atoms with Crippen LogP contribution in [0.25, 0.3) is 0 Å². The van der Waals surface area contributed by atoms with Crippen molar-refractivity contribution in [3.63, 3.8) is 0 Å². The number of hydrogen-bond donors (Lipinski definition) is 2. The molecule has 0 atom stereocenters. The maximum absolute atomic E-state index is 12.0. The topological polar surface area (TPSA) is 55.1 Å². The fourth-order valence-corrected chi connectivity index (χ4v) is 2.41. The lowest BCUT2D eigenvalue weighted by Gasteiger charge is -2.07. The molecule has 0 aliphatic rings. The van der Waals surface area contributed by atoms with E-state index in [9.17, 15) is 4.79 Å². The summed E-state index contributed by atoms with van der Waals surface area (Å²) in [5, 5.41) is 5.11. The molecule has 2 rings (SSSR count). The molecule has 0 spiro atoms. The summed E-state index contributed by atoms with van der Waals surface area (Å²) in [6, 6.07) is 6.89. The highest BCUT2D eigenvalue weighted by Crippen LogP contribution is 2.25. The number of rotatable bonds is 2. The number of aryl methyl sites for hydroxylation is 1. The third-order valence-electron chi connectivity index (χ3n) is 2.31. The molecule has 2 aromatic rings. The van der Waals surface area contributed by atoms with Crippen LogP contribution in [0.2, 0.25) is 5.02 Å². The lowest BCUT2D eigenvalue weighted by atomic mass is 10.2. The highest BCUT2D eigenvalue weighted by Gasteiger charge is 2.12. The first-order chi connectivity index (χ1) is 8.08. The molecular formula is C12H11ClN2OS. The van der Waals surface area contributed by atoms with E-state index in [4.69, 9.17) is 17.3 Å². The largest absolute Gasteiger partial charge is 0.399 e. The first-order valence-electron chi connectivity index (χ1n) is 4.98. The first kappa shape index (κ1) is 12.0. The van der Waals surface area contributed by atoms with Crippen molar-refractivity contribution in [3.8, 4) is 0 Å². The molecule has 1 aromatic heterocycles. The second-order valence-corrected chi connectivity index (χ2v) is 4.95. The number of halogens is 1. The summed E-state index contributed by atoms with van der Waals surface area (Å²) in [7, 11) is 0. The van der Waals surface area contributed by atoms with Gasteiger partial charge in [-0.05, 0) is 42.1 Å². The van der Waals surface area contributed by atoms with Crippen LogP contribution in [0.4, 0.5) is 11.4 Å². The molecule has 3 N–H and O–H groups in total. The molecule has 0 saturated heterocycles. The highest BCUT2D eigenvalue weighted by atomic mass is 35.5. The van der Waals surface area contributed by atoms with Crippen molar-refractivity contribution in [2.75, 3.05) is 11.1 Å². The fraction of sp³-hybridized carbons (Fsp3) is 0.0833. The predicted molar refractivity (Wildman–Crippen MR) is 72.9 cm³/mol. The quantitative estimate of drug-likeness (QED) is 0.817. The first-order valence-corrected chi connectivity index (χ1v) is 6.24. The molecule has 1 aromatic carbocycles. The molecular weight excluding hydrogens is 256 g/mol. The van der Waals surface area contributed by atoms with Gasteiger partial charge in [-0.25, -0.2) is 0 Å². The Morgan fingerprint density at radius 1 is 1.41 bits per heavy atom. The number of anilines is 2. The van der Waals surface area contributed by atoms with Crippen LogP contribution < -0.4 is 11.1 Å². The number of nitrogen functional groups attached to an aromatic ring is 1. The van der Waals surface area contributed by atoms with Gasteiger partial charge in [0.1, 0.15) is 0 Å². The van der Waals surface area contributed by atoms with Gasteiger partial charge in [-0.15, -0.1) is 11.3 Å². The minimum Gasteiger partial charge on any atom is -0.399 e. The maximum Gasteiger partial charge on any atom is 0.266 e. The van der Waals surface area contributed by atoms with Crippen molar-refractivity contribution in [1.82, 2.24) is 0 Å². The number of nitrogens with two attached hydrogens (primary N) is 1. The molecule has 0 unspecified atom stereocenters. The molecule has 0 aliphatic heterocycles. The lowest BCUT2D eigenvalue weighted by molar-refractivity contribution is 0.103. The number of carbonyl (C=O) groups is 1. The molecule has 0 bridgehead atoms. The summed E-state index contributed by atoms with van der Waals surface area (Å²) in [5.41, 5.74) is 7.69. The molecule has 1 heterocycles. The van der Waals surface area contributed by atoms with E-state index in [2.05, 4.69) is 5.32 Å². The van der Waals surface area contributed by atoms with Crippen LogP contribution in [0.15, 0.2) is 29.6 Å². The van der Waals surface area contributed by atoms with E-state index >= 15 is 0 Å². The third-order valence-corrected chi connectivity index (χ3v) is 3.65. The van der Waals surface area contributed by atoms with Gasteiger partial charge < -0.3 is 11.1 Å². The van der Waals surface area contributed by atoms with Gasteiger partial charge in [0.25, 0.3) is 5.91 Å². The number of nitrogens with one attached hydrogen (secondary N) is 1. The van der Waals surface area contributed by atoms with Crippen LogP contribution in [0.5, 0.6) is 0 Å². The van der Waals surface area contributed by atoms with Gasteiger partial charge in [0, 0.05) is 5.69 Å². The zero-order valence-corrected chi connectivity index (χ0v) is 10.7. The second kappa shape index (κ2) is 4.77. The smallest absolute Gasteiger partial charge is 0.266 e. The van der Waals surface area contributed by atoms with Crippen molar-refractivity contribution < 1.29 is 4.79 Å². The summed E-state index contributed by atoms with van der Waals surface area (Å²) in [5.74, 6) is -0.162.